The van der Waals surface area contributed by atoms with Crippen molar-refractivity contribution in [2.75, 3.05) is 14.2 Å². The normalized spacial score (nSPS) is 10.9. The number of para-hydroxylation sites is 1. The van der Waals surface area contributed by atoms with Crippen molar-refractivity contribution in [2.45, 2.75) is 20.0 Å². The molecule has 0 radical (unpaired) electrons. The number of hydrogen-bond donors (Lipinski definition) is 0. The summed E-state index contributed by atoms with van der Waals surface area (Å²) in [7, 11) is 3.22. The van der Waals surface area contributed by atoms with Crippen LogP contribution in [0.3, 0.4) is 0 Å². The quantitative estimate of drug-likeness (QED) is 0.386. The van der Waals surface area contributed by atoms with E-state index in [4.69, 9.17) is 18.6 Å². The summed E-state index contributed by atoms with van der Waals surface area (Å²) in [4.78, 5) is 16.4. The number of aromatic nitrogens is 1. The zero-order chi connectivity index (χ0) is 21.1. The van der Waals surface area contributed by atoms with Crippen LogP contribution in [0, 0.1) is 0 Å². The average molecular weight is 423 g/mol. The van der Waals surface area contributed by atoms with Crippen molar-refractivity contribution in [3.63, 3.8) is 0 Å². The minimum atomic E-state index is -0.354. The standard InChI is InChI=1S/C23H21NO5S/c1-4-14-10-21(25)29-20-11-16(8-9-17(14)20)28-12-15-13-30-23(24-15)18-6-5-7-19(26-2)22(18)27-3/h5-11,13H,4,12H2,1-3H3. The van der Waals surface area contributed by atoms with Gasteiger partial charge in [0, 0.05) is 22.9 Å². The molecule has 0 N–H and O–H groups in total. The third kappa shape index (κ3) is 3.89. The molecule has 0 saturated carbocycles. The number of benzene rings is 2. The Bertz CT molecular complexity index is 1240. The number of aryl methyl sites for hydroxylation is 1. The van der Waals surface area contributed by atoms with Gasteiger partial charge in [-0.1, -0.05) is 13.0 Å². The molecule has 4 aromatic rings. The molecular formula is C23H21NO5S. The molecular weight excluding hydrogens is 402 g/mol. The second-order valence-electron chi connectivity index (χ2n) is 6.58. The van der Waals surface area contributed by atoms with E-state index in [-0.39, 0.29) is 5.63 Å². The van der Waals surface area contributed by atoms with E-state index in [0.717, 1.165) is 33.6 Å². The topological polar surface area (TPSA) is 70.8 Å². The molecule has 0 spiro atoms. The summed E-state index contributed by atoms with van der Waals surface area (Å²) in [5.41, 5.74) is 2.80. The van der Waals surface area contributed by atoms with E-state index in [1.165, 1.54) is 17.4 Å². The van der Waals surface area contributed by atoms with Gasteiger partial charge in [0.2, 0.25) is 0 Å². The van der Waals surface area contributed by atoms with E-state index in [1.807, 2.05) is 42.6 Å². The molecule has 0 aliphatic heterocycles. The molecule has 4 rings (SSSR count). The van der Waals surface area contributed by atoms with Crippen molar-refractivity contribution in [3.8, 4) is 27.8 Å². The van der Waals surface area contributed by atoms with Gasteiger partial charge in [0.15, 0.2) is 11.5 Å². The SMILES string of the molecule is CCc1cc(=O)oc2cc(OCc3csc(-c4cccc(OC)c4OC)n3)ccc12. The van der Waals surface area contributed by atoms with E-state index >= 15 is 0 Å². The van der Waals surface area contributed by atoms with Crippen LogP contribution in [0.15, 0.2) is 57.1 Å². The van der Waals surface area contributed by atoms with Crippen LogP contribution in [-0.2, 0) is 13.0 Å². The Morgan fingerprint density at radius 3 is 2.73 bits per heavy atom. The molecule has 0 atom stereocenters. The molecule has 0 amide bonds. The smallest absolute Gasteiger partial charge is 0.336 e. The van der Waals surface area contributed by atoms with Gasteiger partial charge in [-0.15, -0.1) is 11.3 Å². The minimum absolute atomic E-state index is 0.298. The summed E-state index contributed by atoms with van der Waals surface area (Å²) in [6, 6.07) is 12.8. The first-order valence-electron chi connectivity index (χ1n) is 9.48. The van der Waals surface area contributed by atoms with Gasteiger partial charge < -0.3 is 18.6 Å². The maximum absolute atomic E-state index is 11.8. The molecule has 154 valence electrons. The highest BCUT2D eigenvalue weighted by atomic mass is 32.1. The predicted molar refractivity (Wildman–Crippen MR) is 117 cm³/mol. The van der Waals surface area contributed by atoms with Crippen molar-refractivity contribution in [1.82, 2.24) is 4.98 Å². The monoisotopic (exact) mass is 423 g/mol. The molecule has 0 aliphatic rings. The lowest BCUT2D eigenvalue weighted by Gasteiger charge is -2.10. The second kappa shape index (κ2) is 8.59. The summed E-state index contributed by atoms with van der Waals surface area (Å²) in [6.45, 7) is 2.31. The molecule has 2 heterocycles. The van der Waals surface area contributed by atoms with Crippen LogP contribution in [0.5, 0.6) is 17.2 Å². The number of hydrogen-bond acceptors (Lipinski definition) is 7. The molecule has 0 aliphatic carbocycles. The zero-order valence-electron chi connectivity index (χ0n) is 16.9. The van der Waals surface area contributed by atoms with Crippen molar-refractivity contribution >= 4 is 22.3 Å². The molecule has 7 heteroatoms. The predicted octanol–water partition coefficient (Wildman–Crippen LogP) is 5.08. The number of ether oxygens (including phenoxy) is 3. The number of thiazole rings is 1. The highest BCUT2D eigenvalue weighted by molar-refractivity contribution is 7.13. The van der Waals surface area contributed by atoms with Gasteiger partial charge in [0.05, 0.1) is 25.5 Å². The lowest BCUT2D eigenvalue weighted by atomic mass is 10.1. The first-order chi connectivity index (χ1) is 14.6. The van der Waals surface area contributed by atoms with E-state index < -0.39 is 0 Å². The number of fused-ring (bicyclic) bond motifs is 1. The fourth-order valence-corrected chi connectivity index (χ4v) is 4.13. The van der Waals surface area contributed by atoms with Crippen LogP contribution < -0.4 is 19.8 Å². The van der Waals surface area contributed by atoms with Crippen LogP contribution in [-0.4, -0.2) is 19.2 Å². The minimum Gasteiger partial charge on any atom is -0.493 e. The van der Waals surface area contributed by atoms with Crippen LogP contribution >= 0.6 is 11.3 Å². The number of nitrogens with zero attached hydrogens (tertiary/aromatic N) is 1. The average Bonchev–Trinajstić information content (AvgIpc) is 3.25. The first-order valence-corrected chi connectivity index (χ1v) is 10.4. The lowest BCUT2D eigenvalue weighted by Crippen LogP contribution is -2.01. The van der Waals surface area contributed by atoms with Gasteiger partial charge in [-0.25, -0.2) is 9.78 Å². The Morgan fingerprint density at radius 2 is 1.97 bits per heavy atom. The van der Waals surface area contributed by atoms with Crippen LogP contribution in [0.2, 0.25) is 0 Å². The zero-order valence-corrected chi connectivity index (χ0v) is 17.7. The van der Waals surface area contributed by atoms with Crippen molar-refractivity contribution in [1.29, 1.82) is 0 Å². The van der Waals surface area contributed by atoms with E-state index in [2.05, 4.69) is 4.98 Å². The Morgan fingerprint density at radius 1 is 1.10 bits per heavy atom. The molecule has 6 nitrogen and oxygen atoms in total. The maximum atomic E-state index is 11.8. The fourth-order valence-electron chi connectivity index (χ4n) is 3.30. The van der Waals surface area contributed by atoms with Gasteiger partial charge in [-0.05, 0) is 36.2 Å². The summed E-state index contributed by atoms with van der Waals surface area (Å²) >= 11 is 1.51. The third-order valence-corrected chi connectivity index (χ3v) is 5.68. The third-order valence-electron chi connectivity index (χ3n) is 4.75. The van der Waals surface area contributed by atoms with Gasteiger partial charge in [-0.3, -0.25) is 0 Å². The van der Waals surface area contributed by atoms with E-state index in [1.54, 1.807) is 20.3 Å². The highest BCUT2D eigenvalue weighted by Gasteiger charge is 2.15. The summed E-state index contributed by atoms with van der Waals surface area (Å²) < 4.78 is 22.1. The largest absolute Gasteiger partial charge is 0.493 e. The Kier molecular flexibility index (Phi) is 5.72. The molecule has 0 bridgehead atoms. The molecule has 0 unspecified atom stereocenters. The van der Waals surface area contributed by atoms with Crippen LogP contribution in [0.25, 0.3) is 21.5 Å². The molecule has 0 saturated heterocycles. The van der Waals surface area contributed by atoms with Gasteiger partial charge in [-0.2, -0.15) is 0 Å². The van der Waals surface area contributed by atoms with Crippen molar-refractivity contribution in [3.05, 3.63) is 69.5 Å². The van der Waals surface area contributed by atoms with Crippen molar-refractivity contribution in [2.24, 2.45) is 0 Å². The van der Waals surface area contributed by atoms with Crippen molar-refractivity contribution < 1.29 is 18.6 Å². The molecule has 2 aromatic heterocycles. The Hall–Kier alpha value is -3.32. The van der Waals surface area contributed by atoms with Gasteiger partial charge >= 0.3 is 5.63 Å². The highest BCUT2D eigenvalue weighted by Crippen LogP contribution is 2.39. The van der Waals surface area contributed by atoms with Gasteiger partial charge in [0.1, 0.15) is 22.9 Å². The second-order valence-corrected chi connectivity index (χ2v) is 7.43. The lowest BCUT2D eigenvalue weighted by molar-refractivity contribution is 0.302. The molecule has 30 heavy (non-hydrogen) atoms. The maximum Gasteiger partial charge on any atom is 0.336 e. The van der Waals surface area contributed by atoms with Gasteiger partial charge in [0.25, 0.3) is 0 Å². The number of rotatable bonds is 7. The Labute approximate surface area is 177 Å². The van der Waals surface area contributed by atoms with E-state index in [0.29, 0.717) is 29.4 Å². The van der Waals surface area contributed by atoms with Crippen LogP contribution in [0.1, 0.15) is 18.2 Å². The van der Waals surface area contributed by atoms with E-state index in [9.17, 15) is 4.79 Å². The Balaban J connectivity index is 1.55. The van der Waals surface area contributed by atoms with Crippen LogP contribution in [0.4, 0.5) is 0 Å². The first kappa shape index (κ1) is 20.0. The summed E-state index contributed by atoms with van der Waals surface area (Å²) in [6.07, 6.45) is 0.762. The fraction of sp³-hybridized carbons (Fsp3) is 0.217. The number of methoxy groups -OCH3 is 2. The molecule has 0 fully saturated rings. The molecule has 2 aromatic carbocycles. The summed E-state index contributed by atoms with van der Waals surface area (Å²) in [5, 5.41) is 3.69. The summed E-state index contributed by atoms with van der Waals surface area (Å²) in [5.74, 6) is 1.93.